The molecule has 1 heterocycles. The number of methoxy groups -OCH3 is 2. The van der Waals surface area contributed by atoms with Crippen LogP contribution < -0.4 is 9.47 Å². The minimum absolute atomic E-state index is 0.294. The number of hydrogen-bond donors (Lipinski definition) is 0. The summed E-state index contributed by atoms with van der Waals surface area (Å²) >= 11 is 5.91. The van der Waals surface area contributed by atoms with Gasteiger partial charge in [-0.25, -0.2) is 0 Å². The molecule has 1 aromatic carbocycles. The van der Waals surface area contributed by atoms with Crippen LogP contribution in [0.5, 0.6) is 11.5 Å². The molecule has 0 aliphatic rings. The van der Waals surface area contributed by atoms with Crippen LogP contribution in [0.2, 0.25) is 5.02 Å². The zero-order valence-corrected chi connectivity index (χ0v) is 9.54. The molecule has 0 unspecified atom stereocenters. The highest BCUT2D eigenvalue weighted by molar-refractivity contribution is 6.32. The molecule has 0 aliphatic carbocycles. The lowest BCUT2D eigenvalue weighted by atomic mass is 10.1. The first-order valence-corrected chi connectivity index (χ1v) is 4.90. The van der Waals surface area contributed by atoms with Crippen LogP contribution >= 0.6 is 11.6 Å². The van der Waals surface area contributed by atoms with Crippen molar-refractivity contribution in [2.45, 2.75) is 0 Å². The summed E-state index contributed by atoms with van der Waals surface area (Å²) in [4.78, 5) is 0. The lowest BCUT2D eigenvalue weighted by Gasteiger charge is -2.10. The summed E-state index contributed by atoms with van der Waals surface area (Å²) in [5.41, 5.74) is 1.11. The highest BCUT2D eigenvalue weighted by Gasteiger charge is 2.18. The molecule has 2 aromatic rings. The molecule has 0 spiro atoms. The smallest absolute Gasteiger partial charge is 0.225 e. The molecule has 0 saturated carbocycles. The molecule has 0 aliphatic heterocycles. The standard InChI is InChI=1S/C11H9ClNO3/c1-14-8-4-3-5-9(15-2)10(8)11-7(12)6-16-13-11/h3-5H,1-2H3. The maximum Gasteiger partial charge on any atom is 0.225 e. The van der Waals surface area contributed by atoms with Crippen LogP contribution in [-0.2, 0) is 0 Å². The van der Waals surface area contributed by atoms with Crippen LogP contribution in [0.1, 0.15) is 0 Å². The van der Waals surface area contributed by atoms with Gasteiger partial charge in [0.2, 0.25) is 6.26 Å². The highest BCUT2D eigenvalue weighted by Crippen LogP contribution is 2.40. The van der Waals surface area contributed by atoms with Gasteiger partial charge in [0, 0.05) is 0 Å². The predicted octanol–water partition coefficient (Wildman–Crippen LogP) is 2.81. The van der Waals surface area contributed by atoms with Crippen LogP contribution in [0.15, 0.2) is 22.7 Å². The Morgan fingerprint density at radius 2 is 1.88 bits per heavy atom. The molecule has 4 nitrogen and oxygen atoms in total. The monoisotopic (exact) mass is 238 g/mol. The number of aromatic nitrogens is 1. The summed E-state index contributed by atoms with van der Waals surface area (Å²) in [6.07, 6.45) is 2.44. The fourth-order valence-corrected chi connectivity index (χ4v) is 1.60. The molecule has 16 heavy (non-hydrogen) atoms. The maximum atomic E-state index is 5.91. The SMILES string of the molecule is COc1cccc(OC)c1-c1no[c]c1Cl. The van der Waals surface area contributed by atoms with E-state index >= 15 is 0 Å². The van der Waals surface area contributed by atoms with Crippen molar-refractivity contribution in [1.29, 1.82) is 0 Å². The number of halogens is 1. The van der Waals surface area contributed by atoms with E-state index in [4.69, 9.17) is 21.1 Å². The van der Waals surface area contributed by atoms with Gasteiger partial charge in [-0.2, -0.15) is 0 Å². The van der Waals surface area contributed by atoms with Crippen molar-refractivity contribution in [1.82, 2.24) is 5.16 Å². The Hall–Kier alpha value is -1.68. The average molecular weight is 239 g/mol. The fourth-order valence-electron chi connectivity index (χ4n) is 1.44. The van der Waals surface area contributed by atoms with E-state index in [0.29, 0.717) is 27.8 Å². The molecule has 83 valence electrons. The topological polar surface area (TPSA) is 44.5 Å². The van der Waals surface area contributed by atoms with Gasteiger partial charge in [-0.15, -0.1) is 0 Å². The lowest BCUT2D eigenvalue weighted by Crippen LogP contribution is -1.93. The van der Waals surface area contributed by atoms with Gasteiger partial charge in [0.05, 0.1) is 19.8 Å². The van der Waals surface area contributed by atoms with E-state index in [1.54, 1.807) is 26.4 Å². The second-order valence-corrected chi connectivity index (χ2v) is 3.36. The van der Waals surface area contributed by atoms with Gasteiger partial charge < -0.3 is 14.0 Å². The Bertz CT molecular complexity index is 473. The molecule has 5 heteroatoms. The Morgan fingerprint density at radius 3 is 2.31 bits per heavy atom. The largest absolute Gasteiger partial charge is 0.496 e. The normalized spacial score (nSPS) is 10.2. The number of hydrogen-bond acceptors (Lipinski definition) is 4. The van der Waals surface area contributed by atoms with Gasteiger partial charge >= 0.3 is 0 Å². The number of rotatable bonds is 3. The molecule has 0 N–H and O–H groups in total. The average Bonchev–Trinajstić information content (AvgIpc) is 2.74. The molecule has 2 rings (SSSR count). The summed E-state index contributed by atoms with van der Waals surface area (Å²) in [5.74, 6) is 1.23. The molecule has 0 saturated heterocycles. The summed E-state index contributed by atoms with van der Waals surface area (Å²) in [5, 5.41) is 4.08. The molecule has 0 bridgehead atoms. The van der Waals surface area contributed by atoms with E-state index in [1.807, 2.05) is 6.07 Å². The van der Waals surface area contributed by atoms with Crippen molar-refractivity contribution in [3.05, 3.63) is 29.5 Å². The van der Waals surface area contributed by atoms with E-state index in [9.17, 15) is 0 Å². The lowest BCUT2D eigenvalue weighted by molar-refractivity contribution is 0.393. The van der Waals surface area contributed by atoms with Crippen LogP contribution in [0.4, 0.5) is 0 Å². The molecule has 0 amide bonds. The number of ether oxygens (including phenoxy) is 2. The first kappa shape index (κ1) is 10.8. The second-order valence-electron chi connectivity index (χ2n) is 2.98. The third-order valence-electron chi connectivity index (χ3n) is 2.14. The summed E-state index contributed by atoms with van der Waals surface area (Å²) in [7, 11) is 3.13. The second kappa shape index (κ2) is 4.45. The quantitative estimate of drug-likeness (QED) is 0.825. The van der Waals surface area contributed by atoms with Gasteiger partial charge in [0.1, 0.15) is 22.2 Å². The van der Waals surface area contributed by atoms with Crippen molar-refractivity contribution in [3.8, 4) is 22.8 Å². The Labute approximate surface area is 97.7 Å². The highest BCUT2D eigenvalue weighted by atomic mass is 35.5. The molecule has 0 fully saturated rings. The first-order valence-electron chi connectivity index (χ1n) is 4.52. The third-order valence-corrected chi connectivity index (χ3v) is 2.40. The van der Waals surface area contributed by atoms with Crippen LogP contribution in [-0.4, -0.2) is 19.4 Å². The summed E-state index contributed by atoms with van der Waals surface area (Å²) < 4.78 is 15.1. The van der Waals surface area contributed by atoms with E-state index in [0.717, 1.165) is 0 Å². The minimum Gasteiger partial charge on any atom is -0.496 e. The number of nitrogens with zero attached hydrogens (tertiary/aromatic N) is 1. The van der Waals surface area contributed by atoms with Gasteiger partial charge in [-0.3, -0.25) is 0 Å². The van der Waals surface area contributed by atoms with E-state index < -0.39 is 0 Å². The third kappa shape index (κ3) is 1.72. The Kier molecular flexibility index (Phi) is 3.01. The van der Waals surface area contributed by atoms with Crippen LogP contribution in [0.25, 0.3) is 11.3 Å². The van der Waals surface area contributed by atoms with Crippen molar-refractivity contribution in [2.75, 3.05) is 14.2 Å². The van der Waals surface area contributed by atoms with Gasteiger partial charge in [-0.1, -0.05) is 22.8 Å². The zero-order chi connectivity index (χ0) is 11.5. The Morgan fingerprint density at radius 1 is 1.25 bits per heavy atom. The molecular weight excluding hydrogens is 230 g/mol. The van der Waals surface area contributed by atoms with Gasteiger partial charge in [-0.05, 0) is 12.1 Å². The molecule has 0 atom stereocenters. The van der Waals surface area contributed by atoms with Gasteiger partial charge in [0.25, 0.3) is 0 Å². The summed E-state index contributed by atoms with van der Waals surface area (Å²) in [6.45, 7) is 0. The molecule has 1 aromatic heterocycles. The number of benzene rings is 1. The van der Waals surface area contributed by atoms with Crippen molar-refractivity contribution < 1.29 is 14.0 Å². The fraction of sp³-hybridized carbons (Fsp3) is 0.182. The summed E-state index contributed by atoms with van der Waals surface area (Å²) in [6, 6.07) is 5.41. The predicted molar refractivity (Wildman–Crippen MR) is 58.9 cm³/mol. The Balaban J connectivity index is 2.66. The van der Waals surface area contributed by atoms with Crippen molar-refractivity contribution in [2.24, 2.45) is 0 Å². The van der Waals surface area contributed by atoms with E-state index in [-0.39, 0.29) is 0 Å². The maximum absolute atomic E-state index is 5.91. The van der Waals surface area contributed by atoms with Gasteiger partial charge in [0.15, 0.2) is 0 Å². The van der Waals surface area contributed by atoms with Crippen LogP contribution in [0.3, 0.4) is 0 Å². The zero-order valence-electron chi connectivity index (χ0n) is 8.78. The minimum atomic E-state index is 0.294. The van der Waals surface area contributed by atoms with E-state index in [1.165, 1.54) is 0 Å². The molecular formula is C11H9ClNO3. The van der Waals surface area contributed by atoms with Crippen molar-refractivity contribution in [3.63, 3.8) is 0 Å². The van der Waals surface area contributed by atoms with E-state index in [2.05, 4.69) is 15.9 Å². The molecule has 1 radical (unpaired) electrons. The first-order chi connectivity index (χ1) is 7.77. The van der Waals surface area contributed by atoms with Crippen molar-refractivity contribution >= 4 is 11.6 Å². The van der Waals surface area contributed by atoms with Crippen LogP contribution in [0, 0.1) is 6.26 Å².